The lowest BCUT2D eigenvalue weighted by Gasteiger charge is -2.30. The lowest BCUT2D eigenvalue weighted by Crippen LogP contribution is -2.38. The molecular weight excluding hydrogens is 368 g/mol. The number of rotatable bonds is 5. The number of methoxy groups -OCH3 is 1. The van der Waals surface area contributed by atoms with Crippen molar-refractivity contribution in [2.75, 3.05) is 20.2 Å². The molecule has 4 rings (SSSR count). The smallest absolute Gasteiger partial charge is 0.345 e. The zero-order valence-electron chi connectivity index (χ0n) is 15.5. The molecule has 9 heteroatoms. The molecule has 146 valence electrons. The number of benzene rings is 1. The largest absolute Gasteiger partial charge is 0.497 e. The molecule has 2 aliphatic rings. The van der Waals surface area contributed by atoms with Crippen molar-refractivity contribution in [2.24, 2.45) is 7.05 Å². The summed E-state index contributed by atoms with van der Waals surface area (Å²) in [5.41, 5.74) is -0.0687. The highest BCUT2D eigenvalue weighted by Gasteiger charge is 2.35. The van der Waals surface area contributed by atoms with Gasteiger partial charge in [-0.05, 0) is 49.9 Å². The van der Waals surface area contributed by atoms with Crippen molar-refractivity contribution < 1.29 is 13.2 Å². The van der Waals surface area contributed by atoms with Crippen molar-refractivity contribution in [3.8, 4) is 5.75 Å². The maximum atomic E-state index is 12.9. The fourth-order valence-corrected chi connectivity index (χ4v) is 5.17. The van der Waals surface area contributed by atoms with Gasteiger partial charge in [-0.15, -0.1) is 0 Å². The molecule has 0 atom stereocenters. The Balaban J connectivity index is 1.50. The third kappa shape index (κ3) is 3.29. The molecule has 2 fully saturated rings. The topological polar surface area (TPSA) is 86.4 Å². The summed E-state index contributed by atoms with van der Waals surface area (Å²) in [4.78, 5) is 12.6. The highest BCUT2D eigenvalue weighted by atomic mass is 32.2. The van der Waals surface area contributed by atoms with Crippen molar-refractivity contribution in [1.29, 1.82) is 0 Å². The number of ether oxygens (including phenoxy) is 1. The first-order chi connectivity index (χ1) is 12.9. The fourth-order valence-electron chi connectivity index (χ4n) is 3.70. The number of sulfonamides is 1. The van der Waals surface area contributed by atoms with Crippen LogP contribution in [0.15, 0.2) is 34.0 Å². The number of hydrogen-bond acceptors (Lipinski definition) is 5. The average molecular weight is 392 g/mol. The van der Waals surface area contributed by atoms with E-state index in [0.29, 0.717) is 31.7 Å². The van der Waals surface area contributed by atoms with Crippen LogP contribution in [-0.2, 0) is 17.1 Å². The fraction of sp³-hybridized carbons (Fsp3) is 0.556. The first kappa shape index (κ1) is 18.2. The summed E-state index contributed by atoms with van der Waals surface area (Å²) >= 11 is 0. The lowest BCUT2D eigenvalue weighted by atomic mass is 9.97. The number of hydrogen-bond donors (Lipinski definition) is 0. The van der Waals surface area contributed by atoms with Crippen LogP contribution < -0.4 is 10.4 Å². The van der Waals surface area contributed by atoms with Crippen molar-refractivity contribution in [3.63, 3.8) is 0 Å². The Morgan fingerprint density at radius 2 is 1.70 bits per heavy atom. The second-order valence-corrected chi connectivity index (χ2v) is 9.16. The van der Waals surface area contributed by atoms with Crippen LogP contribution in [0.3, 0.4) is 0 Å². The molecule has 0 radical (unpaired) electrons. The molecule has 1 aromatic carbocycles. The summed E-state index contributed by atoms with van der Waals surface area (Å²) in [6, 6.07) is 6.72. The Bertz CT molecular complexity index is 981. The van der Waals surface area contributed by atoms with Gasteiger partial charge in [-0.1, -0.05) is 0 Å². The van der Waals surface area contributed by atoms with Crippen molar-refractivity contribution in [3.05, 3.63) is 40.6 Å². The molecule has 1 aliphatic carbocycles. The molecular formula is C18H24N4O4S. The van der Waals surface area contributed by atoms with E-state index in [2.05, 4.69) is 5.10 Å². The molecule has 2 heterocycles. The van der Waals surface area contributed by atoms with Gasteiger partial charge in [-0.2, -0.15) is 9.40 Å². The van der Waals surface area contributed by atoms with E-state index < -0.39 is 10.0 Å². The van der Waals surface area contributed by atoms with E-state index in [1.165, 1.54) is 8.99 Å². The Labute approximate surface area is 158 Å². The molecule has 0 spiro atoms. The molecule has 27 heavy (non-hydrogen) atoms. The van der Waals surface area contributed by atoms with Crippen LogP contribution in [0.25, 0.3) is 0 Å². The summed E-state index contributed by atoms with van der Waals surface area (Å²) < 4.78 is 35.6. The van der Waals surface area contributed by atoms with Gasteiger partial charge in [0.15, 0.2) is 0 Å². The van der Waals surface area contributed by atoms with Gasteiger partial charge in [0, 0.05) is 32.1 Å². The van der Waals surface area contributed by atoms with E-state index in [0.717, 1.165) is 18.7 Å². The number of piperidine rings is 1. The Hall–Kier alpha value is -2.13. The summed E-state index contributed by atoms with van der Waals surface area (Å²) in [5.74, 6) is 1.55. The van der Waals surface area contributed by atoms with E-state index >= 15 is 0 Å². The molecule has 0 N–H and O–H groups in total. The zero-order chi connectivity index (χ0) is 19.2. The summed E-state index contributed by atoms with van der Waals surface area (Å²) in [6.45, 7) is 0.850. The quantitative estimate of drug-likeness (QED) is 0.770. The number of nitrogens with zero attached hydrogens (tertiary/aromatic N) is 4. The summed E-state index contributed by atoms with van der Waals surface area (Å²) in [5, 5.41) is 4.44. The Morgan fingerprint density at radius 3 is 2.26 bits per heavy atom. The van der Waals surface area contributed by atoms with E-state index in [4.69, 9.17) is 4.74 Å². The van der Waals surface area contributed by atoms with Crippen molar-refractivity contribution in [1.82, 2.24) is 18.7 Å². The van der Waals surface area contributed by atoms with Gasteiger partial charge >= 0.3 is 5.69 Å². The van der Waals surface area contributed by atoms with Gasteiger partial charge in [0.1, 0.15) is 11.6 Å². The molecule has 0 bridgehead atoms. The predicted octanol–water partition coefficient (Wildman–Crippen LogP) is 1.49. The van der Waals surface area contributed by atoms with E-state index in [1.54, 1.807) is 38.4 Å². The number of aryl methyl sites for hydroxylation is 1. The standard InChI is InChI=1S/C18H24N4O4S/c1-20-18(23)22(14-3-4-14)17(19-20)13-9-11-21(12-10-13)27(24,25)16-7-5-15(26-2)6-8-16/h5-8,13-14H,3-4,9-12H2,1-2H3. The SMILES string of the molecule is COc1ccc(S(=O)(=O)N2CCC(c3nn(C)c(=O)n3C3CC3)CC2)cc1. The highest BCUT2D eigenvalue weighted by molar-refractivity contribution is 7.89. The van der Waals surface area contributed by atoms with E-state index in [1.807, 2.05) is 4.57 Å². The molecule has 2 aromatic rings. The van der Waals surface area contributed by atoms with Gasteiger partial charge in [-0.25, -0.2) is 17.9 Å². The minimum absolute atomic E-state index is 0.0687. The van der Waals surface area contributed by atoms with E-state index in [9.17, 15) is 13.2 Å². The van der Waals surface area contributed by atoms with Crippen molar-refractivity contribution in [2.45, 2.75) is 42.5 Å². The predicted molar refractivity (Wildman–Crippen MR) is 99.5 cm³/mol. The van der Waals surface area contributed by atoms with Crippen molar-refractivity contribution >= 4 is 10.0 Å². The number of aromatic nitrogens is 3. The first-order valence-corrected chi connectivity index (χ1v) is 10.7. The van der Waals surface area contributed by atoms with Crippen LogP contribution in [0, 0.1) is 0 Å². The highest BCUT2D eigenvalue weighted by Crippen LogP contribution is 2.38. The van der Waals surface area contributed by atoms with E-state index in [-0.39, 0.29) is 22.5 Å². The third-order valence-electron chi connectivity index (χ3n) is 5.41. The Kier molecular flexibility index (Phi) is 4.59. The molecule has 0 unspecified atom stereocenters. The maximum Gasteiger partial charge on any atom is 0.345 e. The minimum atomic E-state index is -3.53. The molecule has 8 nitrogen and oxygen atoms in total. The van der Waals surface area contributed by atoms with Crippen LogP contribution in [0.5, 0.6) is 5.75 Å². The first-order valence-electron chi connectivity index (χ1n) is 9.21. The van der Waals surface area contributed by atoms with Gasteiger partial charge in [-0.3, -0.25) is 4.57 Å². The van der Waals surface area contributed by atoms with Gasteiger partial charge < -0.3 is 4.74 Å². The van der Waals surface area contributed by atoms with Crippen LogP contribution in [0.1, 0.15) is 43.5 Å². The second kappa shape index (κ2) is 6.79. The van der Waals surface area contributed by atoms with Crippen LogP contribution in [-0.4, -0.2) is 47.3 Å². The van der Waals surface area contributed by atoms with Crippen LogP contribution in [0.2, 0.25) is 0 Å². The van der Waals surface area contributed by atoms with Gasteiger partial charge in [0.25, 0.3) is 0 Å². The van der Waals surface area contributed by atoms with Crippen LogP contribution in [0.4, 0.5) is 0 Å². The van der Waals surface area contributed by atoms with Crippen LogP contribution >= 0.6 is 0 Å². The molecule has 0 amide bonds. The molecule has 1 aliphatic heterocycles. The normalized spacial score (nSPS) is 19.3. The summed E-state index contributed by atoms with van der Waals surface area (Å²) in [7, 11) is -0.303. The summed E-state index contributed by atoms with van der Waals surface area (Å²) in [6.07, 6.45) is 3.36. The molecule has 1 aromatic heterocycles. The monoisotopic (exact) mass is 392 g/mol. The Morgan fingerprint density at radius 1 is 1.07 bits per heavy atom. The lowest BCUT2D eigenvalue weighted by molar-refractivity contribution is 0.308. The van der Waals surface area contributed by atoms with Gasteiger partial charge in [0.2, 0.25) is 10.0 Å². The van der Waals surface area contributed by atoms with Gasteiger partial charge in [0.05, 0.1) is 12.0 Å². The average Bonchev–Trinajstić information content (AvgIpc) is 3.48. The third-order valence-corrected chi connectivity index (χ3v) is 7.32. The molecule has 1 saturated carbocycles. The zero-order valence-corrected chi connectivity index (χ0v) is 16.4. The minimum Gasteiger partial charge on any atom is -0.497 e. The maximum absolute atomic E-state index is 12.9. The molecule has 1 saturated heterocycles. The second-order valence-electron chi connectivity index (χ2n) is 7.22.